The maximum atomic E-state index is 13.3. The zero-order chi connectivity index (χ0) is 27.3. The molecule has 38 heavy (non-hydrogen) atoms. The van der Waals surface area contributed by atoms with Gasteiger partial charge in [-0.25, -0.2) is 18.2 Å². The molecule has 0 aliphatic rings. The Balaban J connectivity index is 1.59. The van der Waals surface area contributed by atoms with E-state index in [4.69, 9.17) is 18.7 Å². The Morgan fingerprint density at radius 2 is 1.76 bits per heavy atom. The smallest absolute Gasteiger partial charge is 0.407 e. The molecule has 1 amide bonds. The van der Waals surface area contributed by atoms with Crippen LogP contribution in [-0.2, 0) is 27.7 Å². The lowest BCUT2D eigenvalue weighted by Gasteiger charge is -2.12. The second kappa shape index (κ2) is 11.3. The zero-order valence-corrected chi connectivity index (χ0v) is 21.9. The van der Waals surface area contributed by atoms with Gasteiger partial charge in [-0.1, -0.05) is 24.2 Å². The highest BCUT2D eigenvalue weighted by Crippen LogP contribution is 2.38. The molecule has 2 N–H and O–H groups in total. The molecule has 0 aliphatic carbocycles. The fraction of sp³-hybridized carbons (Fsp3) is 0.240. The van der Waals surface area contributed by atoms with Gasteiger partial charge in [-0.05, 0) is 29.7 Å². The van der Waals surface area contributed by atoms with Crippen molar-refractivity contribution in [3.8, 4) is 23.1 Å². The van der Waals surface area contributed by atoms with Crippen molar-refractivity contribution < 1.29 is 36.7 Å². The van der Waals surface area contributed by atoms with Crippen LogP contribution in [0.25, 0.3) is 11.0 Å². The van der Waals surface area contributed by atoms with Crippen LogP contribution in [0.4, 0.5) is 10.6 Å². The van der Waals surface area contributed by atoms with Gasteiger partial charge in [0.2, 0.25) is 5.88 Å². The minimum atomic E-state index is -4.08. The van der Waals surface area contributed by atoms with Crippen molar-refractivity contribution in [2.75, 3.05) is 26.1 Å². The molecule has 0 radical (unpaired) electrons. The summed E-state index contributed by atoms with van der Waals surface area (Å²) in [6, 6.07) is 11.4. The van der Waals surface area contributed by atoms with Crippen LogP contribution in [0, 0.1) is 0 Å². The standard InChI is InChI=1S/C25H26N4O8S/c1-5-15-6-8-18(33-2)21(10-15)38(31,32)29-24-23-19(34-3)11-17(12-20(23)37-28-24)36-22-9-7-16(13-26-22)14-27-25(30)35-4/h6-13H,5,14H2,1-4H3,(H,27,30)(H,28,29). The Bertz CT molecular complexity index is 1550. The number of aromatic nitrogens is 2. The number of sulfonamides is 1. The molecule has 2 heterocycles. The summed E-state index contributed by atoms with van der Waals surface area (Å²) in [6.45, 7) is 2.17. The molecule has 200 valence electrons. The quantitative estimate of drug-likeness (QED) is 0.297. The van der Waals surface area contributed by atoms with Gasteiger partial charge in [0.15, 0.2) is 11.4 Å². The number of anilines is 1. The highest BCUT2D eigenvalue weighted by molar-refractivity contribution is 7.92. The van der Waals surface area contributed by atoms with Gasteiger partial charge in [-0.3, -0.25) is 4.72 Å². The lowest BCUT2D eigenvalue weighted by atomic mass is 10.2. The van der Waals surface area contributed by atoms with Gasteiger partial charge in [0, 0.05) is 30.9 Å². The lowest BCUT2D eigenvalue weighted by molar-refractivity contribution is 0.170. The van der Waals surface area contributed by atoms with Crippen molar-refractivity contribution >= 4 is 32.9 Å². The summed E-state index contributed by atoms with van der Waals surface area (Å²) in [5.74, 6) is 1.02. The summed E-state index contributed by atoms with van der Waals surface area (Å²) >= 11 is 0. The maximum Gasteiger partial charge on any atom is 0.407 e. The molecule has 0 spiro atoms. The van der Waals surface area contributed by atoms with Crippen molar-refractivity contribution in [3.63, 3.8) is 0 Å². The minimum absolute atomic E-state index is 0.0225. The Morgan fingerprint density at radius 3 is 2.42 bits per heavy atom. The van der Waals surface area contributed by atoms with Crippen LogP contribution in [0.2, 0.25) is 0 Å². The lowest BCUT2D eigenvalue weighted by Crippen LogP contribution is -2.22. The number of amides is 1. The molecule has 0 saturated heterocycles. The van der Waals surface area contributed by atoms with Crippen LogP contribution in [0.15, 0.2) is 58.1 Å². The fourth-order valence-corrected chi connectivity index (χ4v) is 4.80. The van der Waals surface area contributed by atoms with Crippen molar-refractivity contribution in [2.45, 2.75) is 24.8 Å². The largest absolute Gasteiger partial charge is 0.496 e. The van der Waals surface area contributed by atoms with Crippen LogP contribution in [0.5, 0.6) is 23.1 Å². The monoisotopic (exact) mass is 542 g/mol. The van der Waals surface area contributed by atoms with Gasteiger partial charge in [0.05, 0.1) is 21.3 Å². The average Bonchev–Trinajstić information content (AvgIpc) is 3.33. The summed E-state index contributed by atoms with van der Waals surface area (Å²) in [5, 5.41) is 6.78. The van der Waals surface area contributed by atoms with E-state index in [-0.39, 0.29) is 40.2 Å². The number of pyridine rings is 1. The third-order valence-corrected chi connectivity index (χ3v) is 6.89. The highest BCUT2D eigenvalue weighted by atomic mass is 32.2. The number of nitrogens with zero attached hydrogens (tertiary/aromatic N) is 2. The SMILES string of the molecule is CCc1ccc(OC)c(S(=O)(=O)Nc2noc3cc(Oc4ccc(CNC(=O)OC)cn4)cc(OC)c23)c1. The van der Waals surface area contributed by atoms with Crippen molar-refractivity contribution in [2.24, 2.45) is 0 Å². The number of carbonyl (C=O) groups is 1. The van der Waals surface area contributed by atoms with Crippen molar-refractivity contribution in [3.05, 3.63) is 59.8 Å². The first-order valence-corrected chi connectivity index (χ1v) is 12.9. The number of alkyl carbamates (subject to hydrolysis) is 1. The molecule has 12 nitrogen and oxygen atoms in total. The maximum absolute atomic E-state index is 13.3. The Morgan fingerprint density at radius 1 is 1.00 bits per heavy atom. The van der Waals surface area contributed by atoms with Crippen LogP contribution >= 0.6 is 0 Å². The Hall–Kier alpha value is -4.52. The molecule has 4 aromatic rings. The van der Waals surface area contributed by atoms with E-state index in [0.29, 0.717) is 17.6 Å². The van der Waals surface area contributed by atoms with Gasteiger partial charge >= 0.3 is 6.09 Å². The van der Waals surface area contributed by atoms with E-state index in [2.05, 4.69) is 24.9 Å². The Kier molecular flexibility index (Phi) is 7.86. The van der Waals surface area contributed by atoms with Crippen LogP contribution < -0.4 is 24.2 Å². The normalized spacial score (nSPS) is 11.2. The van der Waals surface area contributed by atoms with Gasteiger partial charge in [0.1, 0.15) is 27.5 Å². The third kappa shape index (κ3) is 5.72. The predicted octanol–water partition coefficient (Wildman–Crippen LogP) is 4.25. The summed E-state index contributed by atoms with van der Waals surface area (Å²) in [4.78, 5) is 15.4. The molecule has 2 aromatic heterocycles. The number of aryl methyl sites for hydroxylation is 1. The summed E-state index contributed by atoms with van der Waals surface area (Å²) in [5.41, 5.74) is 1.80. The number of fused-ring (bicyclic) bond motifs is 1. The molecule has 0 fully saturated rings. The van der Waals surface area contributed by atoms with E-state index in [1.54, 1.807) is 42.6 Å². The highest BCUT2D eigenvalue weighted by Gasteiger charge is 2.25. The molecule has 2 aromatic carbocycles. The van der Waals surface area contributed by atoms with E-state index in [1.807, 2.05) is 6.92 Å². The first kappa shape index (κ1) is 26.5. The Labute approximate surface area is 218 Å². The van der Waals surface area contributed by atoms with Crippen LogP contribution in [0.3, 0.4) is 0 Å². The van der Waals surface area contributed by atoms with Gasteiger partial charge in [-0.2, -0.15) is 0 Å². The molecule has 0 unspecified atom stereocenters. The second-order valence-corrected chi connectivity index (χ2v) is 9.58. The number of benzene rings is 2. The second-order valence-electron chi connectivity index (χ2n) is 7.93. The van der Waals surface area contributed by atoms with E-state index in [0.717, 1.165) is 11.1 Å². The first-order valence-electron chi connectivity index (χ1n) is 11.4. The number of carbonyl (C=O) groups excluding carboxylic acids is 1. The van der Waals surface area contributed by atoms with E-state index in [1.165, 1.54) is 27.4 Å². The van der Waals surface area contributed by atoms with E-state index < -0.39 is 16.1 Å². The topological polar surface area (TPSA) is 151 Å². The van der Waals surface area contributed by atoms with Gasteiger partial charge < -0.3 is 28.8 Å². The first-order chi connectivity index (χ1) is 18.3. The molecule has 0 bridgehead atoms. The molecular weight excluding hydrogens is 516 g/mol. The zero-order valence-electron chi connectivity index (χ0n) is 21.1. The van der Waals surface area contributed by atoms with E-state index in [9.17, 15) is 13.2 Å². The molecule has 0 saturated carbocycles. The fourth-order valence-electron chi connectivity index (χ4n) is 3.58. The number of methoxy groups -OCH3 is 3. The van der Waals surface area contributed by atoms with Gasteiger partial charge in [0.25, 0.3) is 10.0 Å². The molecule has 0 atom stereocenters. The predicted molar refractivity (Wildman–Crippen MR) is 137 cm³/mol. The van der Waals surface area contributed by atoms with E-state index >= 15 is 0 Å². The molecule has 13 heteroatoms. The average molecular weight is 543 g/mol. The third-order valence-electron chi connectivity index (χ3n) is 5.53. The van der Waals surface area contributed by atoms with Gasteiger partial charge in [-0.15, -0.1) is 0 Å². The van der Waals surface area contributed by atoms with Crippen LogP contribution in [-0.4, -0.2) is 46.0 Å². The summed E-state index contributed by atoms with van der Waals surface area (Å²) < 4.78 is 55.5. The molecular formula is C25H26N4O8S. The number of nitrogens with one attached hydrogen (secondary N) is 2. The summed E-state index contributed by atoms with van der Waals surface area (Å²) in [7, 11) is 0.0341. The van der Waals surface area contributed by atoms with Crippen molar-refractivity contribution in [1.29, 1.82) is 0 Å². The number of ether oxygens (including phenoxy) is 4. The molecule has 0 aliphatic heterocycles. The number of hydrogen-bond acceptors (Lipinski definition) is 10. The van der Waals surface area contributed by atoms with Crippen LogP contribution in [0.1, 0.15) is 18.1 Å². The summed E-state index contributed by atoms with van der Waals surface area (Å²) in [6.07, 6.45) is 1.65. The minimum Gasteiger partial charge on any atom is -0.496 e. The number of rotatable bonds is 10. The molecule has 4 rings (SSSR count). The van der Waals surface area contributed by atoms with Crippen molar-refractivity contribution in [1.82, 2.24) is 15.5 Å². The number of hydrogen-bond donors (Lipinski definition) is 2.